The van der Waals surface area contributed by atoms with Crippen LogP contribution in [0.2, 0.25) is 0 Å². The fourth-order valence-electron chi connectivity index (χ4n) is 4.30. The van der Waals surface area contributed by atoms with Crippen LogP contribution < -0.4 is 14.8 Å². The molecule has 0 fully saturated rings. The molecule has 1 aliphatic carbocycles. The minimum Gasteiger partial charge on any atom is -0.493 e. The van der Waals surface area contributed by atoms with Gasteiger partial charge in [-0.05, 0) is 74.1 Å². The molecule has 152 valence electrons. The summed E-state index contributed by atoms with van der Waals surface area (Å²) < 4.78 is 12.9. The minimum atomic E-state index is 0.312. The van der Waals surface area contributed by atoms with Crippen molar-refractivity contribution in [1.29, 1.82) is 0 Å². The quantitative estimate of drug-likeness (QED) is 0.663. The predicted octanol–water partition coefficient (Wildman–Crippen LogP) is 4.67. The highest BCUT2D eigenvalue weighted by Crippen LogP contribution is 2.32. The summed E-state index contributed by atoms with van der Waals surface area (Å²) in [6.45, 7) is 5.05. The van der Waals surface area contributed by atoms with E-state index in [9.17, 15) is 0 Å². The lowest BCUT2D eigenvalue weighted by atomic mass is 9.92. The second-order valence-corrected chi connectivity index (χ2v) is 7.82. The van der Waals surface area contributed by atoms with E-state index in [4.69, 9.17) is 14.6 Å². The second-order valence-electron chi connectivity index (χ2n) is 7.82. The molecule has 1 heterocycles. The van der Waals surface area contributed by atoms with Gasteiger partial charge in [0.15, 0.2) is 11.5 Å². The van der Waals surface area contributed by atoms with Crippen molar-refractivity contribution in [3.8, 4) is 17.2 Å². The summed E-state index contributed by atoms with van der Waals surface area (Å²) in [7, 11) is 3.33. The minimum absolute atomic E-state index is 0.312. The molecule has 0 saturated heterocycles. The van der Waals surface area contributed by atoms with Crippen LogP contribution in [0.3, 0.4) is 0 Å². The summed E-state index contributed by atoms with van der Waals surface area (Å²) >= 11 is 0. The van der Waals surface area contributed by atoms with Gasteiger partial charge in [0.2, 0.25) is 0 Å². The van der Waals surface area contributed by atoms with Crippen molar-refractivity contribution in [2.24, 2.45) is 0 Å². The SMILES string of the molecule is COc1ccc(CN[C@H]2CCCc3c2cnn3-c2cc(C)cc(C)c2)cc1OC. The van der Waals surface area contributed by atoms with Crippen molar-refractivity contribution in [3.63, 3.8) is 0 Å². The summed E-state index contributed by atoms with van der Waals surface area (Å²) in [5.74, 6) is 1.52. The van der Waals surface area contributed by atoms with Gasteiger partial charge in [-0.25, -0.2) is 4.68 Å². The number of ether oxygens (including phenoxy) is 2. The standard InChI is InChI=1S/C24H29N3O2/c1-16-10-17(2)12-19(11-16)27-22-7-5-6-21(20(22)15-26-27)25-14-18-8-9-23(28-3)24(13-18)29-4/h8-13,15,21,25H,5-7,14H2,1-4H3/t21-/m0/s1. The maximum atomic E-state index is 5.43. The average Bonchev–Trinajstić information content (AvgIpc) is 3.16. The number of nitrogens with zero attached hydrogens (tertiary/aromatic N) is 2. The number of aromatic nitrogens is 2. The zero-order chi connectivity index (χ0) is 20.4. The molecule has 0 radical (unpaired) electrons. The first-order valence-corrected chi connectivity index (χ1v) is 10.2. The molecule has 0 unspecified atom stereocenters. The summed E-state index contributed by atoms with van der Waals surface area (Å²) in [5.41, 5.74) is 7.51. The lowest BCUT2D eigenvalue weighted by Crippen LogP contribution is -2.25. The summed E-state index contributed by atoms with van der Waals surface area (Å²) in [6.07, 6.45) is 5.39. The van der Waals surface area contributed by atoms with E-state index in [2.05, 4.69) is 48.1 Å². The largest absolute Gasteiger partial charge is 0.493 e. The van der Waals surface area contributed by atoms with Crippen molar-refractivity contribution >= 4 is 0 Å². The fourth-order valence-corrected chi connectivity index (χ4v) is 4.30. The molecule has 0 bridgehead atoms. The molecular weight excluding hydrogens is 362 g/mol. The highest BCUT2D eigenvalue weighted by molar-refractivity contribution is 5.44. The molecule has 0 aliphatic heterocycles. The molecule has 29 heavy (non-hydrogen) atoms. The number of nitrogens with one attached hydrogen (secondary N) is 1. The third kappa shape index (κ3) is 4.01. The average molecular weight is 392 g/mol. The lowest BCUT2D eigenvalue weighted by molar-refractivity contribution is 0.354. The predicted molar refractivity (Wildman–Crippen MR) is 115 cm³/mol. The molecular formula is C24H29N3O2. The molecule has 3 aromatic rings. The number of hydrogen-bond acceptors (Lipinski definition) is 4. The van der Waals surface area contributed by atoms with Gasteiger partial charge in [-0.1, -0.05) is 12.1 Å². The topological polar surface area (TPSA) is 48.3 Å². The Morgan fingerprint density at radius 2 is 1.79 bits per heavy atom. The van der Waals surface area contributed by atoms with E-state index in [1.54, 1.807) is 14.2 Å². The van der Waals surface area contributed by atoms with Crippen LogP contribution in [-0.4, -0.2) is 24.0 Å². The number of methoxy groups -OCH3 is 2. The van der Waals surface area contributed by atoms with E-state index in [-0.39, 0.29) is 0 Å². The van der Waals surface area contributed by atoms with Crippen LogP contribution in [0, 0.1) is 13.8 Å². The van der Waals surface area contributed by atoms with Crippen LogP contribution in [0.15, 0.2) is 42.6 Å². The van der Waals surface area contributed by atoms with E-state index < -0.39 is 0 Å². The molecule has 5 nitrogen and oxygen atoms in total. The zero-order valence-corrected chi connectivity index (χ0v) is 17.7. The zero-order valence-electron chi connectivity index (χ0n) is 17.7. The summed E-state index contributed by atoms with van der Waals surface area (Å²) in [4.78, 5) is 0. The third-order valence-corrected chi connectivity index (χ3v) is 5.63. The smallest absolute Gasteiger partial charge is 0.161 e. The molecule has 1 aliphatic rings. The van der Waals surface area contributed by atoms with Crippen molar-refractivity contribution in [2.75, 3.05) is 14.2 Å². The van der Waals surface area contributed by atoms with Gasteiger partial charge in [0.1, 0.15) is 0 Å². The van der Waals surface area contributed by atoms with Crippen LogP contribution in [-0.2, 0) is 13.0 Å². The molecule has 1 atom stereocenters. The van der Waals surface area contributed by atoms with Gasteiger partial charge in [-0.3, -0.25) is 0 Å². The molecule has 2 aromatic carbocycles. The van der Waals surface area contributed by atoms with Crippen LogP contribution in [0.4, 0.5) is 0 Å². The number of fused-ring (bicyclic) bond motifs is 1. The van der Waals surface area contributed by atoms with Gasteiger partial charge in [-0.15, -0.1) is 0 Å². The van der Waals surface area contributed by atoms with Gasteiger partial charge in [0.25, 0.3) is 0 Å². The first kappa shape index (κ1) is 19.5. The van der Waals surface area contributed by atoms with Crippen LogP contribution >= 0.6 is 0 Å². The first-order valence-electron chi connectivity index (χ1n) is 10.2. The fraction of sp³-hybridized carbons (Fsp3) is 0.375. The lowest BCUT2D eigenvalue weighted by Gasteiger charge is -2.24. The van der Waals surface area contributed by atoms with E-state index in [0.717, 1.165) is 43.0 Å². The van der Waals surface area contributed by atoms with Crippen molar-refractivity contribution < 1.29 is 9.47 Å². The maximum Gasteiger partial charge on any atom is 0.161 e. The molecule has 0 spiro atoms. The van der Waals surface area contributed by atoms with Crippen LogP contribution in [0.1, 0.15) is 46.8 Å². The highest BCUT2D eigenvalue weighted by atomic mass is 16.5. The number of rotatable bonds is 6. The normalized spacial score (nSPS) is 15.8. The number of benzene rings is 2. The maximum absolute atomic E-state index is 5.43. The second kappa shape index (κ2) is 8.29. The first-order chi connectivity index (χ1) is 14.1. The van der Waals surface area contributed by atoms with Gasteiger partial charge >= 0.3 is 0 Å². The van der Waals surface area contributed by atoms with Crippen molar-refractivity contribution in [1.82, 2.24) is 15.1 Å². The molecule has 0 saturated carbocycles. The van der Waals surface area contributed by atoms with Gasteiger partial charge in [0, 0.05) is 23.8 Å². The monoisotopic (exact) mass is 391 g/mol. The third-order valence-electron chi connectivity index (χ3n) is 5.63. The number of aryl methyl sites for hydroxylation is 2. The number of hydrogen-bond donors (Lipinski definition) is 1. The van der Waals surface area contributed by atoms with E-state index in [1.807, 2.05) is 18.3 Å². The van der Waals surface area contributed by atoms with Crippen LogP contribution in [0.25, 0.3) is 5.69 Å². The summed E-state index contributed by atoms with van der Waals surface area (Å²) in [6, 6.07) is 13.0. The van der Waals surface area contributed by atoms with Crippen molar-refractivity contribution in [3.05, 3.63) is 70.5 Å². The Labute approximate surface area is 172 Å². The van der Waals surface area contributed by atoms with E-state index in [0.29, 0.717) is 6.04 Å². The molecule has 1 N–H and O–H groups in total. The van der Waals surface area contributed by atoms with E-state index >= 15 is 0 Å². The molecule has 0 amide bonds. The Balaban J connectivity index is 1.54. The Kier molecular flexibility index (Phi) is 5.58. The Morgan fingerprint density at radius 3 is 2.52 bits per heavy atom. The highest BCUT2D eigenvalue weighted by Gasteiger charge is 2.24. The van der Waals surface area contributed by atoms with Crippen LogP contribution in [0.5, 0.6) is 11.5 Å². The molecule has 4 rings (SSSR count). The van der Waals surface area contributed by atoms with Gasteiger partial charge in [0.05, 0.1) is 26.1 Å². The van der Waals surface area contributed by atoms with Gasteiger partial charge in [-0.2, -0.15) is 5.10 Å². The van der Waals surface area contributed by atoms with E-state index in [1.165, 1.54) is 27.9 Å². The summed E-state index contributed by atoms with van der Waals surface area (Å²) in [5, 5.41) is 8.47. The Morgan fingerprint density at radius 1 is 1.03 bits per heavy atom. The molecule has 1 aromatic heterocycles. The Bertz CT molecular complexity index is 989. The van der Waals surface area contributed by atoms with Crippen molar-refractivity contribution in [2.45, 2.75) is 45.7 Å². The van der Waals surface area contributed by atoms with Gasteiger partial charge < -0.3 is 14.8 Å². The Hall–Kier alpha value is -2.79. The molecule has 5 heteroatoms.